The van der Waals surface area contributed by atoms with Gasteiger partial charge in [-0.1, -0.05) is 6.07 Å². The zero-order valence-corrected chi connectivity index (χ0v) is 18.3. The van der Waals surface area contributed by atoms with Crippen LogP contribution >= 0.6 is 24.0 Å². The van der Waals surface area contributed by atoms with Crippen molar-refractivity contribution in [2.45, 2.75) is 45.2 Å². The highest BCUT2D eigenvalue weighted by Gasteiger charge is 2.22. The SMILES string of the molecule is CN=C(NCCC(=O)N1CCCCC1C)NCc1ccc2c(c1)OCO2.I. The predicted octanol–water partition coefficient (Wildman–Crippen LogP) is 2.49. The van der Waals surface area contributed by atoms with Gasteiger partial charge in [-0.25, -0.2) is 0 Å². The van der Waals surface area contributed by atoms with Crippen molar-refractivity contribution >= 4 is 35.8 Å². The van der Waals surface area contributed by atoms with E-state index in [-0.39, 0.29) is 36.7 Å². The number of amides is 1. The fourth-order valence-corrected chi connectivity index (χ4v) is 3.36. The number of ether oxygens (including phenoxy) is 2. The number of hydrogen-bond acceptors (Lipinski definition) is 4. The topological polar surface area (TPSA) is 75.2 Å². The molecular formula is C19H29IN4O3. The summed E-state index contributed by atoms with van der Waals surface area (Å²) in [6.07, 6.45) is 3.93. The molecule has 3 rings (SSSR count). The van der Waals surface area contributed by atoms with Crippen LogP contribution in [0, 0.1) is 0 Å². The molecule has 0 aromatic heterocycles. The molecule has 0 radical (unpaired) electrons. The van der Waals surface area contributed by atoms with Crippen LogP contribution in [0.15, 0.2) is 23.2 Å². The lowest BCUT2D eigenvalue weighted by Crippen LogP contribution is -2.44. The number of likely N-dealkylation sites (tertiary alicyclic amines) is 1. The lowest BCUT2D eigenvalue weighted by atomic mass is 10.0. The molecule has 1 amide bonds. The van der Waals surface area contributed by atoms with Gasteiger partial charge < -0.3 is 25.0 Å². The van der Waals surface area contributed by atoms with Crippen LogP contribution in [0.3, 0.4) is 0 Å². The molecule has 1 saturated heterocycles. The predicted molar refractivity (Wildman–Crippen MR) is 116 cm³/mol. The summed E-state index contributed by atoms with van der Waals surface area (Å²) in [4.78, 5) is 18.6. The van der Waals surface area contributed by atoms with E-state index in [9.17, 15) is 4.79 Å². The lowest BCUT2D eigenvalue weighted by Gasteiger charge is -2.33. The second-order valence-corrected chi connectivity index (χ2v) is 6.72. The number of aliphatic imine (C=N–C) groups is 1. The van der Waals surface area contributed by atoms with Gasteiger partial charge in [-0.15, -0.1) is 24.0 Å². The Balaban J connectivity index is 0.00000261. The molecule has 2 N–H and O–H groups in total. The largest absolute Gasteiger partial charge is 0.454 e. The fourth-order valence-electron chi connectivity index (χ4n) is 3.36. The van der Waals surface area contributed by atoms with Crippen molar-refractivity contribution in [3.05, 3.63) is 23.8 Å². The third-order valence-corrected chi connectivity index (χ3v) is 4.88. The lowest BCUT2D eigenvalue weighted by molar-refractivity contribution is -0.134. The second-order valence-electron chi connectivity index (χ2n) is 6.72. The number of fused-ring (bicyclic) bond motifs is 1. The van der Waals surface area contributed by atoms with E-state index in [0.29, 0.717) is 31.5 Å². The maximum absolute atomic E-state index is 12.4. The number of carbonyl (C=O) groups excluding carboxylic acids is 1. The molecule has 1 unspecified atom stereocenters. The van der Waals surface area contributed by atoms with Gasteiger partial charge >= 0.3 is 0 Å². The van der Waals surface area contributed by atoms with Gasteiger partial charge in [-0.3, -0.25) is 9.79 Å². The van der Waals surface area contributed by atoms with Gasteiger partial charge in [0.1, 0.15) is 0 Å². The highest BCUT2D eigenvalue weighted by Crippen LogP contribution is 2.32. The monoisotopic (exact) mass is 488 g/mol. The molecule has 2 aliphatic heterocycles. The maximum Gasteiger partial charge on any atom is 0.231 e. The molecule has 1 fully saturated rings. The first-order valence-electron chi connectivity index (χ1n) is 9.30. The summed E-state index contributed by atoms with van der Waals surface area (Å²) in [5.41, 5.74) is 1.08. The molecule has 0 spiro atoms. The van der Waals surface area contributed by atoms with Crippen molar-refractivity contribution in [3.8, 4) is 11.5 Å². The Morgan fingerprint density at radius 1 is 1.26 bits per heavy atom. The molecule has 150 valence electrons. The Morgan fingerprint density at radius 2 is 2.07 bits per heavy atom. The minimum atomic E-state index is 0. The molecule has 1 aromatic rings. The zero-order valence-electron chi connectivity index (χ0n) is 16.0. The number of piperidine rings is 1. The molecule has 0 bridgehead atoms. The smallest absolute Gasteiger partial charge is 0.231 e. The minimum Gasteiger partial charge on any atom is -0.454 e. The minimum absolute atomic E-state index is 0. The molecule has 1 atom stereocenters. The first kappa shape index (κ1) is 21.6. The fraction of sp³-hybridized carbons (Fsp3) is 0.579. The summed E-state index contributed by atoms with van der Waals surface area (Å²) in [6.45, 7) is 4.49. The number of rotatable bonds is 5. The summed E-state index contributed by atoms with van der Waals surface area (Å²) in [5, 5.41) is 6.47. The summed E-state index contributed by atoms with van der Waals surface area (Å²) in [7, 11) is 1.73. The first-order chi connectivity index (χ1) is 12.7. The Labute approximate surface area is 177 Å². The van der Waals surface area contributed by atoms with Gasteiger partial charge in [0.05, 0.1) is 0 Å². The van der Waals surface area contributed by atoms with Crippen LogP contribution in [0.25, 0.3) is 0 Å². The van der Waals surface area contributed by atoms with E-state index in [1.165, 1.54) is 6.42 Å². The number of hydrogen-bond donors (Lipinski definition) is 2. The normalized spacial score (nSPS) is 18.7. The van der Waals surface area contributed by atoms with Crippen molar-refractivity contribution in [1.82, 2.24) is 15.5 Å². The van der Waals surface area contributed by atoms with Crippen molar-refractivity contribution < 1.29 is 14.3 Å². The van der Waals surface area contributed by atoms with Crippen LogP contribution in [0.4, 0.5) is 0 Å². The molecule has 7 nitrogen and oxygen atoms in total. The van der Waals surface area contributed by atoms with Gasteiger partial charge in [0.25, 0.3) is 0 Å². The van der Waals surface area contributed by atoms with Crippen LogP contribution < -0.4 is 20.1 Å². The van der Waals surface area contributed by atoms with E-state index >= 15 is 0 Å². The third kappa shape index (κ3) is 5.88. The molecule has 2 heterocycles. The Morgan fingerprint density at radius 3 is 2.85 bits per heavy atom. The number of guanidine groups is 1. The zero-order chi connectivity index (χ0) is 18.4. The van der Waals surface area contributed by atoms with Gasteiger partial charge in [-0.05, 0) is 43.9 Å². The van der Waals surface area contributed by atoms with Crippen molar-refractivity contribution in [1.29, 1.82) is 0 Å². The van der Waals surface area contributed by atoms with Gasteiger partial charge in [0.15, 0.2) is 17.5 Å². The van der Waals surface area contributed by atoms with Gasteiger partial charge in [-0.2, -0.15) is 0 Å². The molecular weight excluding hydrogens is 459 g/mol. The third-order valence-electron chi connectivity index (χ3n) is 4.88. The van der Waals surface area contributed by atoms with Crippen LogP contribution in [-0.4, -0.2) is 49.7 Å². The maximum atomic E-state index is 12.4. The summed E-state index contributed by atoms with van der Waals surface area (Å²) in [6, 6.07) is 6.23. The number of halogens is 1. The number of nitrogens with one attached hydrogen (secondary N) is 2. The average Bonchev–Trinajstić information content (AvgIpc) is 3.12. The van der Waals surface area contributed by atoms with Crippen LogP contribution in [0.2, 0.25) is 0 Å². The standard InChI is InChI=1S/C19H28N4O3.HI/c1-14-5-3-4-10-23(14)18(24)8-9-21-19(20-2)22-12-15-6-7-16-17(11-15)26-13-25-16;/h6-7,11,14H,3-5,8-10,12-13H2,1-2H3,(H2,20,21,22);1H. The van der Waals surface area contributed by atoms with E-state index in [4.69, 9.17) is 9.47 Å². The van der Waals surface area contributed by atoms with Crippen LogP contribution in [-0.2, 0) is 11.3 Å². The number of benzene rings is 1. The summed E-state index contributed by atoms with van der Waals surface area (Å²) >= 11 is 0. The van der Waals surface area contributed by atoms with E-state index in [2.05, 4.69) is 22.5 Å². The van der Waals surface area contributed by atoms with E-state index in [0.717, 1.165) is 36.4 Å². The molecule has 2 aliphatic rings. The highest BCUT2D eigenvalue weighted by atomic mass is 127. The molecule has 8 heteroatoms. The van der Waals surface area contributed by atoms with Crippen LogP contribution in [0.1, 0.15) is 38.2 Å². The number of nitrogens with zero attached hydrogens (tertiary/aromatic N) is 2. The molecule has 0 aliphatic carbocycles. The Kier molecular flexibility index (Phi) is 8.46. The van der Waals surface area contributed by atoms with Crippen molar-refractivity contribution in [2.24, 2.45) is 4.99 Å². The van der Waals surface area contributed by atoms with Gasteiger partial charge in [0.2, 0.25) is 12.7 Å². The Hall–Kier alpha value is -1.71. The quantitative estimate of drug-likeness (QED) is 0.379. The van der Waals surface area contributed by atoms with Crippen LogP contribution in [0.5, 0.6) is 11.5 Å². The molecule has 0 saturated carbocycles. The molecule has 1 aromatic carbocycles. The Bertz CT molecular complexity index is 668. The number of carbonyl (C=O) groups is 1. The summed E-state index contributed by atoms with van der Waals surface area (Å²) < 4.78 is 10.7. The molecule has 27 heavy (non-hydrogen) atoms. The van der Waals surface area contributed by atoms with E-state index in [1.807, 2.05) is 23.1 Å². The second kappa shape index (κ2) is 10.6. The summed E-state index contributed by atoms with van der Waals surface area (Å²) in [5.74, 6) is 2.45. The van der Waals surface area contributed by atoms with Gasteiger partial charge in [0, 0.05) is 39.1 Å². The first-order valence-corrected chi connectivity index (χ1v) is 9.30. The van der Waals surface area contributed by atoms with E-state index < -0.39 is 0 Å². The van der Waals surface area contributed by atoms with Crippen molar-refractivity contribution in [2.75, 3.05) is 26.9 Å². The van der Waals surface area contributed by atoms with Crippen molar-refractivity contribution in [3.63, 3.8) is 0 Å². The highest BCUT2D eigenvalue weighted by molar-refractivity contribution is 14.0. The average molecular weight is 488 g/mol. The van der Waals surface area contributed by atoms with E-state index in [1.54, 1.807) is 7.05 Å².